The molecule has 0 radical (unpaired) electrons. The van der Waals surface area contributed by atoms with Gasteiger partial charge >= 0.3 is 0 Å². The first-order chi connectivity index (χ1) is 8.06. The molecule has 0 aromatic heterocycles. The third kappa shape index (κ3) is 8.13. The molecular formula is C13H31IN4. The first kappa shape index (κ1) is 20.3. The van der Waals surface area contributed by atoms with Crippen LogP contribution in [0.15, 0.2) is 4.99 Å². The second-order valence-electron chi connectivity index (χ2n) is 4.76. The smallest absolute Gasteiger partial charge is 0.188 e. The van der Waals surface area contributed by atoms with Gasteiger partial charge in [-0.2, -0.15) is 0 Å². The molecule has 110 valence electrons. The highest BCUT2D eigenvalue weighted by molar-refractivity contribution is 14.0. The van der Waals surface area contributed by atoms with E-state index in [4.69, 9.17) is 5.73 Å². The van der Waals surface area contributed by atoms with Crippen LogP contribution in [0.25, 0.3) is 0 Å². The van der Waals surface area contributed by atoms with Gasteiger partial charge in [0.25, 0.3) is 0 Å². The molecule has 0 aliphatic heterocycles. The molecule has 0 saturated heterocycles. The second kappa shape index (κ2) is 12.0. The lowest BCUT2D eigenvalue weighted by Crippen LogP contribution is -2.39. The lowest BCUT2D eigenvalue weighted by atomic mass is 9.93. The SMILES string of the molecule is CCCNC(N)=NCC(C(CC)CC)N(C)C.I. The molecule has 0 bridgehead atoms. The molecule has 0 aromatic rings. The van der Waals surface area contributed by atoms with Gasteiger partial charge in [-0.05, 0) is 26.4 Å². The van der Waals surface area contributed by atoms with Gasteiger partial charge < -0.3 is 16.0 Å². The summed E-state index contributed by atoms with van der Waals surface area (Å²) < 4.78 is 0. The van der Waals surface area contributed by atoms with Gasteiger partial charge in [0.1, 0.15) is 0 Å². The largest absolute Gasteiger partial charge is 0.370 e. The minimum Gasteiger partial charge on any atom is -0.370 e. The molecule has 3 N–H and O–H groups in total. The van der Waals surface area contributed by atoms with Crippen LogP contribution in [-0.4, -0.2) is 44.1 Å². The molecule has 4 nitrogen and oxygen atoms in total. The summed E-state index contributed by atoms with van der Waals surface area (Å²) in [7, 11) is 4.24. The van der Waals surface area contributed by atoms with Crippen LogP contribution >= 0.6 is 24.0 Å². The number of hydrogen-bond acceptors (Lipinski definition) is 2. The molecular weight excluding hydrogens is 339 g/mol. The number of rotatable bonds is 8. The Morgan fingerprint density at radius 1 is 1.22 bits per heavy atom. The maximum Gasteiger partial charge on any atom is 0.188 e. The van der Waals surface area contributed by atoms with E-state index in [1.807, 2.05) is 0 Å². The minimum atomic E-state index is 0. The highest BCUT2D eigenvalue weighted by Gasteiger charge is 2.20. The number of halogens is 1. The molecule has 0 aliphatic rings. The van der Waals surface area contributed by atoms with Crippen molar-refractivity contribution in [3.05, 3.63) is 0 Å². The topological polar surface area (TPSA) is 53.6 Å². The third-order valence-corrected chi connectivity index (χ3v) is 3.26. The molecule has 0 saturated carbocycles. The average molecular weight is 370 g/mol. The molecule has 0 rings (SSSR count). The van der Waals surface area contributed by atoms with Gasteiger partial charge in [-0.25, -0.2) is 0 Å². The van der Waals surface area contributed by atoms with Crippen molar-refractivity contribution >= 4 is 29.9 Å². The Labute approximate surface area is 130 Å². The van der Waals surface area contributed by atoms with E-state index in [0.29, 0.717) is 17.9 Å². The second-order valence-corrected chi connectivity index (χ2v) is 4.76. The number of nitrogens with one attached hydrogen (secondary N) is 1. The van der Waals surface area contributed by atoms with Gasteiger partial charge in [0.05, 0.1) is 6.54 Å². The van der Waals surface area contributed by atoms with Crippen molar-refractivity contribution in [2.75, 3.05) is 27.2 Å². The van der Waals surface area contributed by atoms with E-state index >= 15 is 0 Å². The van der Waals surface area contributed by atoms with E-state index in [-0.39, 0.29) is 24.0 Å². The van der Waals surface area contributed by atoms with Crippen molar-refractivity contribution in [1.82, 2.24) is 10.2 Å². The maximum absolute atomic E-state index is 5.81. The monoisotopic (exact) mass is 370 g/mol. The van der Waals surface area contributed by atoms with Gasteiger partial charge in [0.15, 0.2) is 5.96 Å². The fourth-order valence-corrected chi connectivity index (χ4v) is 2.07. The van der Waals surface area contributed by atoms with E-state index in [2.05, 4.69) is 50.1 Å². The molecule has 5 heteroatoms. The number of hydrogen-bond donors (Lipinski definition) is 2. The number of guanidine groups is 1. The Morgan fingerprint density at radius 2 is 1.78 bits per heavy atom. The summed E-state index contributed by atoms with van der Waals surface area (Å²) in [5, 5.41) is 3.11. The number of nitrogens with zero attached hydrogens (tertiary/aromatic N) is 2. The van der Waals surface area contributed by atoms with E-state index in [1.165, 1.54) is 12.8 Å². The molecule has 0 heterocycles. The standard InChI is InChI=1S/C13H30N4.HI/c1-6-9-15-13(14)16-10-12(17(4)5)11(7-2)8-3;/h11-12H,6-10H2,1-5H3,(H3,14,15,16);1H. The van der Waals surface area contributed by atoms with Crippen molar-refractivity contribution < 1.29 is 0 Å². The Hall–Kier alpha value is -0.0400. The molecule has 1 unspecified atom stereocenters. The van der Waals surface area contributed by atoms with Gasteiger partial charge in [0.2, 0.25) is 0 Å². The molecule has 0 aromatic carbocycles. The first-order valence-electron chi connectivity index (χ1n) is 6.76. The number of aliphatic imine (C=N–C) groups is 1. The van der Waals surface area contributed by atoms with E-state index < -0.39 is 0 Å². The Kier molecular flexibility index (Phi) is 13.5. The van der Waals surface area contributed by atoms with Crippen LogP contribution in [-0.2, 0) is 0 Å². The van der Waals surface area contributed by atoms with Gasteiger partial charge in [-0.15, -0.1) is 24.0 Å². The summed E-state index contributed by atoms with van der Waals surface area (Å²) >= 11 is 0. The van der Waals surface area contributed by atoms with Crippen molar-refractivity contribution in [2.45, 2.75) is 46.1 Å². The van der Waals surface area contributed by atoms with Crippen LogP contribution in [0, 0.1) is 5.92 Å². The van der Waals surface area contributed by atoms with Crippen LogP contribution in [0.3, 0.4) is 0 Å². The Morgan fingerprint density at radius 3 is 2.17 bits per heavy atom. The maximum atomic E-state index is 5.81. The molecule has 0 fully saturated rings. The van der Waals surface area contributed by atoms with Crippen LogP contribution in [0.1, 0.15) is 40.0 Å². The summed E-state index contributed by atoms with van der Waals surface area (Å²) in [4.78, 5) is 6.70. The fourth-order valence-electron chi connectivity index (χ4n) is 2.07. The molecule has 18 heavy (non-hydrogen) atoms. The van der Waals surface area contributed by atoms with Gasteiger partial charge in [-0.1, -0.05) is 33.6 Å². The zero-order valence-corrected chi connectivity index (χ0v) is 14.9. The van der Waals surface area contributed by atoms with E-state index in [1.54, 1.807) is 0 Å². The van der Waals surface area contributed by atoms with Crippen molar-refractivity contribution in [2.24, 2.45) is 16.6 Å². The van der Waals surface area contributed by atoms with Crippen LogP contribution < -0.4 is 11.1 Å². The average Bonchev–Trinajstić information content (AvgIpc) is 2.31. The Balaban J connectivity index is 0. The lowest BCUT2D eigenvalue weighted by Gasteiger charge is -2.30. The van der Waals surface area contributed by atoms with Crippen molar-refractivity contribution in [3.63, 3.8) is 0 Å². The third-order valence-electron chi connectivity index (χ3n) is 3.26. The number of likely N-dealkylation sites (N-methyl/N-ethyl adjacent to an activating group) is 1. The highest BCUT2D eigenvalue weighted by atomic mass is 127. The van der Waals surface area contributed by atoms with Crippen molar-refractivity contribution in [3.8, 4) is 0 Å². The first-order valence-corrected chi connectivity index (χ1v) is 6.76. The molecule has 1 atom stereocenters. The predicted octanol–water partition coefficient (Wildman–Crippen LogP) is 2.29. The number of nitrogens with two attached hydrogens (primary N) is 1. The zero-order valence-electron chi connectivity index (χ0n) is 12.6. The van der Waals surface area contributed by atoms with Crippen LogP contribution in [0.5, 0.6) is 0 Å². The Bertz CT molecular complexity index is 215. The summed E-state index contributed by atoms with van der Waals surface area (Å²) in [6.45, 7) is 8.28. The lowest BCUT2D eigenvalue weighted by molar-refractivity contribution is 0.206. The predicted molar refractivity (Wildman–Crippen MR) is 91.7 cm³/mol. The quantitative estimate of drug-likeness (QED) is 0.392. The zero-order chi connectivity index (χ0) is 13.3. The fraction of sp³-hybridized carbons (Fsp3) is 0.923. The summed E-state index contributed by atoms with van der Waals surface area (Å²) in [5.41, 5.74) is 5.81. The van der Waals surface area contributed by atoms with Gasteiger partial charge in [0, 0.05) is 12.6 Å². The van der Waals surface area contributed by atoms with Gasteiger partial charge in [-0.3, -0.25) is 4.99 Å². The van der Waals surface area contributed by atoms with E-state index in [9.17, 15) is 0 Å². The molecule has 0 amide bonds. The molecule has 0 spiro atoms. The van der Waals surface area contributed by atoms with Crippen LogP contribution in [0.2, 0.25) is 0 Å². The van der Waals surface area contributed by atoms with Crippen LogP contribution in [0.4, 0.5) is 0 Å². The van der Waals surface area contributed by atoms with Crippen molar-refractivity contribution in [1.29, 1.82) is 0 Å². The summed E-state index contributed by atoms with van der Waals surface area (Å²) in [5.74, 6) is 1.26. The summed E-state index contributed by atoms with van der Waals surface area (Å²) in [6, 6.07) is 0.479. The summed E-state index contributed by atoms with van der Waals surface area (Å²) in [6.07, 6.45) is 3.45. The highest BCUT2D eigenvalue weighted by Crippen LogP contribution is 2.17. The molecule has 0 aliphatic carbocycles. The minimum absolute atomic E-state index is 0. The van der Waals surface area contributed by atoms with E-state index in [0.717, 1.165) is 19.5 Å². The normalized spacial score (nSPS) is 13.6.